The van der Waals surface area contributed by atoms with E-state index in [0.717, 1.165) is 38.9 Å². The lowest BCUT2D eigenvalue weighted by Gasteiger charge is -2.24. The van der Waals surface area contributed by atoms with Crippen molar-refractivity contribution in [3.05, 3.63) is 137 Å². The van der Waals surface area contributed by atoms with E-state index < -0.39 is 12.0 Å². The van der Waals surface area contributed by atoms with E-state index in [9.17, 15) is 9.59 Å². The molecule has 0 amide bonds. The number of aromatic nitrogens is 2. The summed E-state index contributed by atoms with van der Waals surface area (Å²) in [6, 6.07) is 23.4. The van der Waals surface area contributed by atoms with Crippen LogP contribution in [0, 0.1) is 13.8 Å². The Kier molecular flexibility index (Phi) is 7.47. The molecule has 3 heterocycles. The number of rotatable bonds is 6. The van der Waals surface area contributed by atoms with Crippen LogP contribution in [0.3, 0.4) is 0 Å². The van der Waals surface area contributed by atoms with Crippen molar-refractivity contribution in [3.63, 3.8) is 0 Å². The zero-order chi connectivity index (χ0) is 29.5. The first-order chi connectivity index (χ1) is 20.3. The minimum atomic E-state index is -0.629. The third-order valence-electron chi connectivity index (χ3n) is 7.72. The van der Waals surface area contributed by atoms with Crippen LogP contribution in [-0.2, 0) is 16.1 Å². The second-order valence-corrected chi connectivity index (χ2v) is 11.9. The molecule has 0 aliphatic carbocycles. The smallest absolute Gasteiger partial charge is 0.338 e. The van der Waals surface area contributed by atoms with Gasteiger partial charge in [0, 0.05) is 33.7 Å². The Hall–Kier alpha value is -4.20. The summed E-state index contributed by atoms with van der Waals surface area (Å²) in [6.45, 7) is 8.58. The van der Waals surface area contributed by atoms with Crippen molar-refractivity contribution in [1.29, 1.82) is 0 Å². The quantitative estimate of drug-likeness (QED) is 0.224. The fraction of sp³-hybridized carbons (Fsp3) is 0.206. The lowest BCUT2D eigenvalue weighted by Crippen LogP contribution is -2.39. The molecule has 0 N–H and O–H groups in total. The number of benzene rings is 3. The van der Waals surface area contributed by atoms with Crippen LogP contribution in [0.1, 0.15) is 47.8 Å². The Balaban J connectivity index is 1.54. The first-order valence-electron chi connectivity index (χ1n) is 13.8. The number of allylic oxidation sites excluding steroid dienone is 1. The zero-order valence-corrected chi connectivity index (χ0v) is 25.4. The maximum Gasteiger partial charge on any atom is 0.338 e. The lowest BCUT2D eigenvalue weighted by atomic mass is 9.95. The highest BCUT2D eigenvalue weighted by Gasteiger charge is 2.33. The highest BCUT2D eigenvalue weighted by atomic mass is 35.5. The maximum atomic E-state index is 14.2. The number of carbonyl (C=O) groups excluding carboxylic acids is 1. The van der Waals surface area contributed by atoms with E-state index in [2.05, 4.69) is 23.6 Å². The summed E-state index contributed by atoms with van der Waals surface area (Å²) in [5.74, 6) is -0.459. The highest BCUT2D eigenvalue weighted by Crippen LogP contribution is 2.31. The average molecular weight is 596 g/mol. The van der Waals surface area contributed by atoms with Gasteiger partial charge in [-0.3, -0.25) is 9.36 Å². The molecule has 1 aliphatic heterocycles. The van der Waals surface area contributed by atoms with Crippen molar-refractivity contribution in [2.45, 2.75) is 40.3 Å². The van der Waals surface area contributed by atoms with Crippen LogP contribution in [0.4, 0.5) is 0 Å². The minimum absolute atomic E-state index is 0.187. The van der Waals surface area contributed by atoms with Crippen LogP contribution in [0.15, 0.2) is 93.9 Å². The van der Waals surface area contributed by atoms with Crippen LogP contribution in [0.2, 0.25) is 5.02 Å². The van der Waals surface area contributed by atoms with Crippen LogP contribution < -0.4 is 14.9 Å². The van der Waals surface area contributed by atoms with E-state index in [-0.39, 0.29) is 12.2 Å². The molecule has 0 unspecified atom stereocenters. The molecule has 2 aromatic heterocycles. The Morgan fingerprint density at radius 2 is 1.74 bits per heavy atom. The molecule has 0 saturated heterocycles. The average Bonchev–Trinajstić information content (AvgIpc) is 3.42. The monoisotopic (exact) mass is 595 g/mol. The predicted octanol–water partition coefficient (Wildman–Crippen LogP) is 6.07. The Morgan fingerprint density at radius 1 is 1.02 bits per heavy atom. The Morgan fingerprint density at radius 3 is 2.45 bits per heavy atom. The molecule has 42 heavy (non-hydrogen) atoms. The number of hydrogen-bond donors (Lipinski definition) is 0. The van der Waals surface area contributed by atoms with Gasteiger partial charge in [0.15, 0.2) is 4.80 Å². The number of halogens is 1. The standard InChI is InChI=1S/C34H30ClN3O3S/c1-5-41-33(40)30-21(3)36-34-38(31(30)24-14-10-20(2)11-15-24)32(39)29(42-34)18-27-22(4)37(28-9-7-6-8-26(27)28)19-23-12-16-25(35)17-13-23/h6-18,31H,5,19H2,1-4H3/b29-18+/t31-/m0/s1. The van der Waals surface area contributed by atoms with Gasteiger partial charge in [-0.15, -0.1) is 0 Å². The summed E-state index contributed by atoms with van der Waals surface area (Å²) < 4.78 is 9.88. The van der Waals surface area contributed by atoms with Crippen LogP contribution >= 0.6 is 22.9 Å². The van der Waals surface area contributed by atoms with Crippen molar-refractivity contribution >= 4 is 45.9 Å². The molecule has 8 heteroatoms. The fourth-order valence-electron chi connectivity index (χ4n) is 5.60. The summed E-state index contributed by atoms with van der Waals surface area (Å²) in [5, 5.41) is 1.77. The summed E-state index contributed by atoms with van der Waals surface area (Å²) in [7, 11) is 0. The molecular formula is C34H30ClN3O3S. The molecule has 0 bridgehead atoms. The number of para-hydroxylation sites is 1. The van der Waals surface area contributed by atoms with Crippen molar-refractivity contribution < 1.29 is 9.53 Å². The number of fused-ring (bicyclic) bond motifs is 2. The first kappa shape index (κ1) is 27.9. The number of carbonyl (C=O) groups is 1. The van der Waals surface area contributed by atoms with Gasteiger partial charge in [0.1, 0.15) is 0 Å². The van der Waals surface area contributed by atoms with Crippen molar-refractivity contribution in [2.75, 3.05) is 6.61 Å². The van der Waals surface area contributed by atoms with Gasteiger partial charge in [-0.05, 0) is 63.1 Å². The summed E-state index contributed by atoms with van der Waals surface area (Å²) in [6.07, 6.45) is 1.97. The molecule has 6 nitrogen and oxygen atoms in total. The summed E-state index contributed by atoms with van der Waals surface area (Å²) in [4.78, 5) is 32.6. The van der Waals surface area contributed by atoms with Gasteiger partial charge in [0.25, 0.3) is 5.56 Å². The maximum absolute atomic E-state index is 14.2. The van der Waals surface area contributed by atoms with Gasteiger partial charge >= 0.3 is 5.97 Å². The van der Waals surface area contributed by atoms with Crippen LogP contribution in [-0.4, -0.2) is 21.7 Å². The number of esters is 1. The number of thiazole rings is 1. The van der Waals surface area contributed by atoms with Gasteiger partial charge in [-0.2, -0.15) is 0 Å². The largest absolute Gasteiger partial charge is 0.463 e. The molecule has 1 atom stereocenters. The number of ether oxygens (including phenoxy) is 1. The van der Waals surface area contributed by atoms with E-state index in [1.807, 2.05) is 73.7 Å². The van der Waals surface area contributed by atoms with Gasteiger partial charge in [-0.25, -0.2) is 9.79 Å². The topological polar surface area (TPSA) is 65.6 Å². The number of nitrogens with zero attached hydrogens (tertiary/aromatic N) is 3. The Labute approximate surface area is 252 Å². The molecular weight excluding hydrogens is 566 g/mol. The third kappa shape index (κ3) is 4.93. The second kappa shape index (κ2) is 11.2. The molecule has 5 aromatic rings. The lowest BCUT2D eigenvalue weighted by molar-refractivity contribution is -0.139. The molecule has 0 saturated carbocycles. The SMILES string of the molecule is CCOC(=O)C1=C(C)N=c2s/c(=C/c3c(C)n(Cc4ccc(Cl)cc4)c4ccccc34)c(=O)n2[C@H]1c1ccc(C)cc1. The molecule has 1 aliphatic rings. The molecule has 212 valence electrons. The highest BCUT2D eigenvalue weighted by molar-refractivity contribution is 7.07. The van der Waals surface area contributed by atoms with Gasteiger partial charge in [0.05, 0.1) is 28.5 Å². The van der Waals surface area contributed by atoms with Gasteiger partial charge in [-0.1, -0.05) is 83.1 Å². The van der Waals surface area contributed by atoms with E-state index in [1.165, 1.54) is 11.3 Å². The molecule has 0 radical (unpaired) electrons. The van der Waals surface area contributed by atoms with E-state index in [0.29, 0.717) is 32.2 Å². The summed E-state index contributed by atoms with van der Waals surface area (Å²) in [5.41, 5.74) is 6.94. The minimum Gasteiger partial charge on any atom is -0.463 e. The molecule has 0 spiro atoms. The molecule has 3 aromatic carbocycles. The second-order valence-electron chi connectivity index (χ2n) is 10.4. The normalized spacial score (nSPS) is 15.2. The zero-order valence-electron chi connectivity index (χ0n) is 23.8. The van der Waals surface area contributed by atoms with Crippen molar-refractivity contribution in [3.8, 4) is 0 Å². The molecule has 0 fully saturated rings. The third-order valence-corrected chi connectivity index (χ3v) is 8.95. The Bertz CT molecular complexity index is 2050. The van der Waals surface area contributed by atoms with Crippen molar-refractivity contribution in [1.82, 2.24) is 9.13 Å². The fourth-order valence-corrected chi connectivity index (χ4v) is 6.76. The molecule has 6 rings (SSSR count). The predicted molar refractivity (Wildman–Crippen MR) is 169 cm³/mol. The van der Waals surface area contributed by atoms with Crippen LogP contribution in [0.25, 0.3) is 17.0 Å². The number of aryl methyl sites for hydroxylation is 1. The van der Waals surface area contributed by atoms with E-state index >= 15 is 0 Å². The number of hydrogen-bond acceptors (Lipinski definition) is 5. The van der Waals surface area contributed by atoms with Crippen LogP contribution in [0.5, 0.6) is 0 Å². The van der Waals surface area contributed by atoms with Gasteiger partial charge in [0.2, 0.25) is 0 Å². The van der Waals surface area contributed by atoms with E-state index in [1.54, 1.807) is 18.4 Å². The first-order valence-corrected chi connectivity index (χ1v) is 15.0. The van der Waals surface area contributed by atoms with E-state index in [4.69, 9.17) is 21.3 Å². The summed E-state index contributed by atoms with van der Waals surface area (Å²) >= 11 is 7.46. The van der Waals surface area contributed by atoms with Gasteiger partial charge < -0.3 is 9.30 Å². The van der Waals surface area contributed by atoms with Crippen molar-refractivity contribution in [2.24, 2.45) is 4.99 Å².